The van der Waals surface area contributed by atoms with Crippen LogP contribution in [0.3, 0.4) is 0 Å². The Labute approximate surface area is 173 Å². The molecule has 0 saturated carbocycles. The van der Waals surface area contributed by atoms with Crippen molar-refractivity contribution in [2.24, 2.45) is 0 Å². The second-order valence-electron chi connectivity index (χ2n) is 6.92. The zero-order valence-corrected chi connectivity index (χ0v) is 17.3. The van der Waals surface area contributed by atoms with Gasteiger partial charge in [-0.05, 0) is 38.0 Å². The monoisotopic (exact) mass is 413 g/mol. The van der Waals surface area contributed by atoms with Gasteiger partial charge in [0, 0.05) is 12.1 Å². The Hall–Kier alpha value is -3.56. The summed E-state index contributed by atoms with van der Waals surface area (Å²) in [4.78, 5) is 19.1. The number of hydrogen-bond donors (Lipinski definition) is 1. The predicted octanol–water partition coefficient (Wildman–Crippen LogP) is 2.77. The number of amides is 1. The van der Waals surface area contributed by atoms with Crippen LogP contribution in [0, 0.1) is 6.92 Å². The van der Waals surface area contributed by atoms with Gasteiger partial charge in [-0.3, -0.25) is 9.89 Å². The van der Waals surface area contributed by atoms with Crippen molar-refractivity contribution in [3.63, 3.8) is 0 Å². The number of aryl methyl sites for hydroxylation is 1. The molecule has 1 N–H and O–H groups in total. The molecule has 0 aliphatic carbocycles. The summed E-state index contributed by atoms with van der Waals surface area (Å²) in [7, 11) is 4.64. The average molecular weight is 413 g/mol. The Morgan fingerprint density at radius 1 is 1.17 bits per heavy atom. The van der Waals surface area contributed by atoms with Gasteiger partial charge >= 0.3 is 0 Å². The van der Waals surface area contributed by atoms with Crippen LogP contribution in [-0.2, 0) is 0 Å². The highest BCUT2D eigenvalue weighted by molar-refractivity contribution is 5.94. The van der Waals surface area contributed by atoms with Crippen LogP contribution in [0.25, 0.3) is 11.3 Å². The Balaban J connectivity index is 1.62. The molecule has 10 nitrogen and oxygen atoms in total. The predicted molar refractivity (Wildman–Crippen MR) is 106 cm³/mol. The number of benzene rings is 1. The normalized spacial score (nSPS) is 16.0. The minimum atomic E-state index is -0.230. The molecule has 4 rings (SSSR count). The highest BCUT2D eigenvalue weighted by atomic mass is 16.5. The summed E-state index contributed by atoms with van der Waals surface area (Å²) in [5.74, 6) is 2.35. The van der Waals surface area contributed by atoms with Gasteiger partial charge in [0.1, 0.15) is 11.7 Å². The maximum absolute atomic E-state index is 13.1. The van der Waals surface area contributed by atoms with E-state index >= 15 is 0 Å². The van der Waals surface area contributed by atoms with Crippen molar-refractivity contribution in [3.05, 3.63) is 35.6 Å². The van der Waals surface area contributed by atoms with Crippen LogP contribution < -0.4 is 14.2 Å². The number of methoxy groups -OCH3 is 3. The van der Waals surface area contributed by atoms with Gasteiger partial charge in [0.15, 0.2) is 17.3 Å². The zero-order chi connectivity index (χ0) is 21.3. The summed E-state index contributed by atoms with van der Waals surface area (Å²) in [5.41, 5.74) is 1.69. The summed E-state index contributed by atoms with van der Waals surface area (Å²) in [5, 5.41) is 11.0. The van der Waals surface area contributed by atoms with Gasteiger partial charge in [-0.15, -0.1) is 0 Å². The number of carbonyl (C=O) groups excluding carboxylic acids is 1. The van der Waals surface area contributed by atoms with Gasteiger partial charge in [0.2, 0.25) is 11.6 Å². The molecule has 0 spiro atoms. The Kier molecular flexibility index (Phi) is 5.30. The van der Waals surface area contributed by atoms with Crippen LogP contribution in [0.1, 0.15) is 41.1 Å². The maximum Gasteiger partial charge on any atom is 0.272 e. The molecule has 1 amide bonds. The molecule has 1 fully saturated rings. The molecule has 1 unspecified atom stereocenters. The summed E-state index contributed by atoms with van der Waals surface area (Å²) >= 11 is 0. The van der Waals surface area contributed by atoms with Gasteiger partial charge in [-0.1, -0.05) is 5.16 Å². The van der Waals surface area contributed by atoms with E-state index < -0.39 is 0 Å². The molecule has 1 aliphatic rings. The van der Waals surface area contributed by atoms with Crippen molar-refractivity contribution >= 4 is 5.91 Å². The van der Waals surface area contributed by atoms with E-state index in [-0.39, 0.29) is 11.9 Å². The van der Waals surface area contributed by atoms with E-state index in [0.717, 1.165) is 18.4 Å². The average Bonchev–Trinajstić information content (AvgIpc) is 3.52. The van der Waals surface area contributed by atoms with Crippen LogP contribution in [0.5, 0.6) is 17.2 Å². The van der Waals surface area contributed by atoms with Crippen LogP contribution in [-0.4, -0.2) is 59.0 Å². The van der Waals surface area contributed by atoms with Gasteiger partial charge < -0.3 is 23.6 Å². The fourth-order valence-corrected chi connectivity index (χ4v) is 3.68. The molecule has 2 aromatic heterocycles. The van der Waals surface area contributed by atoms with E-state index in [1.54, 1.807) is 51.4 Å². The number of nitrogens with one attached hydrogen (secondary N) is 1. The quantitative estimate of drug-likeness (QED) is 0.656. The maximum atomic E-state index is 13.1. The molecular formula is C20H23N5O5. The van der Waals surface area contributed by atoms with E-state index in [9.17, 15) is 4.79 Å². The molecule has 1 aromatic carbocycles. The number of ether oxygens (including phenoxy) is 3. The fraction of sp³-hybridized carbons (Fsp3) is 0.400. The van der Waals surface area contributed by atoms with Crippen LogP contribution in [0.2, 0.25) is 0 Å². The van der Waals surface area contributed by atoms with Crippen molar-refractivity contribution in [1.29, 1.82) is 0 Å². The number of rotatable bonds is 6. The van der Waals surface area contributed by atoms with Crippen molar-refractivity contribution in [3.8, 4) is 28.5 Å². The highest BCUT2D eigenvalue weighted by Gasteiger charge is 2.35. The number of hydrogen-bond acceptors (Lipinski definition) is 8. The fourth-order valence-electron chi connectivity index (χ4n) is 3.68. The lowest BCUT2D eigenvalue weighted by atomic mass is 10.1. The largest absolute Gasteiger partial charge is 0.493 e. The summed E-state index contributed by atoms with van der Waals surface area (Å²) < 4.78 is 21.4. The third kappa shape index (κ3) is 3.44. The molecule has 30 heavy (non-hydrogen) atoms. The first kappa shape index (κ1) is 19.7. The number of aromatic amines is 1. The first-order chi connectivity index (χ1) is 14.5. The van der Waals surface area contributed by atoms with Crippen LogP contribution >= 0.6 is 0 Å². The lowest BCUT2D eigenvalue weighted by Gasteiger charge is -2.20. The van der Waals surface area contributed by atoms with Gasteiger partial charge in [0.05, 0.1) is 27.0 Å². The molecule has 158 valence electrons. The number of nitrogens with zero attached hydrogens (tertiary/aromatic N) is 4. The van der Waals surface area contributed by atoms with E-state index in [1.807, 2.05) is 0 Å². The van der Waals surface area contributed by atoms with Crippen LogP contribution in [0.15, 0.2) is 22.7 Å². The van der Waals surface area contributed by atoms with Gasteiger partial charge in [-0.2, -0.15) is 10.1 Å². The molecule has 3 aromatic rings. The SMILES string of the molecule is COc1cc(-c2cc(C(=O)N3CCCC3c3nc(C)no3)[nH]n2)cc(OC)c1OC. The smallest absolute Gasteiger partial charge is 0.272 e. The van der Waals surface area contributed by atoms with Gasteiger partial charge in [0.25, 0.3) is 5.91 Å². The Bertz CT molecular complexity index is 1030. The second-order valence-corrected chi connectivity index (χ2v) is 6.92. The molecule has 1 saturated heterocycles. The van der Waals surface area contributed by atoms with E-state index in [1.165, 1.54) is 0 Å². The highest BCUT2D eigenvalue weighted by Crippen LogP contribution is 2.41. The first-order valence-corrected chi connectivity index (χ1v) is 9.52. The third-order valence-electron chi connectivity index (χ3n) is 5.11. The topological polar surface area (TPSA) is 116 Å². The van der Waals surface area contributed by atoms with E-state index in [0.29, 0.717) is 46.9 Å². The number of aromatic nitrogens is 4. The lowest BCUT2D eigenvalue weighted by molar-refractivity contribution is 0.0704. The molecule has 3 heterocycles. The summed E-state index contributed by atoms with van der Waals surface area (Å²) in [6.45, 7) is 2.37. The zero-order valence-electron chi connectivity index (χ0n) is 17.3. The summed E-state index contributed by atoms with van der Waals surface area (Å²) in [6, 6.07) is 5.04. The minimum absolute atomic E-state index is 0.167. The molecular weight excluding hydrogens is 390 g/mol. The van der Waals surface area contributed by atoms with E-state index in [2.05, 4.69) is 20.3 Å². The van der Waals surface area contributed by atoms with Crippen molar-refractivity contribution < 1.29 is 23.5 Å². The first-order valence-electron chi connectivity index (χ1n) is 9.52. The van der Waals surface area contributed by atoms with Crippen LogP contribution in [0.4, 0.5) is 0 Å². The van der Waals surface area contributed by atoms with Crippen molar-refractivity contribution in [2.75, 3.05) is 27.9 Å². The molecule has 1 atom stereocenters. The summed E-state index contributed by atoms with van der Waals surface area (Å²) in [6.07, 6.45) is 1.65. The number of likely N-dealkylation sites (tertiary alicyclic amines) is 1. The lowest BCUT2D eigenvalue weighted by Crippen LogP contribution is -2.31. The van der Waals surface area contributed by atoms with E-state index in [4.69, 9.17) is 18.7 Å². The second kappa shape index (κ2) is 8.05. The molecule has 0 bridgehead atoms. The molecule has 10 heteroatoms. The third-order valence-corrected chi connectivity index (χ3v) is 5.11. The molecule has 0 radical (unpaired) electrons. The Morgan fingerprint density at radius 2 is 1.90 bits per heavy atom. The van der Waals surface area contributed by atoms with Crippen molar-refractivity contribution in [1.82, 2.24) is 25.2 Å². The van der Waals surface area contributed by atoms with Gasteiger partial charge in [-0.25, -0.2) is 0 Å². The molecule has 1 aliphatic heterocycles. The number of carbonyl (C=O) groups is 1. The van der Waals surface area contributed by atoms with Crippen molar-refractivity contribution in [2.45, 2.75) is 25.8 Å². The standard InChI is InChI=1S/C20H23N5O5/c1-11-21-19(30-24-11)15-6-5-7-25(15)20(26)14-10-13(22-23-14)12-8-16(27-2)18(29-4)17(9-12)28-3/h8-10,15H,5-7H2,1-4H3,(H,22,23). The number of H-pyrrole nitrogens is 1. The minimum Gasteiger partial charge on any atom is -0.493 e. The Morgan fingerprint density at radius 3 is 2.50 bits per heavy atom.